The molecule has 0 aliphatic rings. The van der Waals surface area contributed by atoms with Crippen molar-refractivity contribution >= 4 is 6.08 Å². The highest BCUT2D eigenvalue weighted by atomic mass is 15.1. The van der Waals surface area contributed by atoms with Crippen LogP contribution in [0.3, 0.4) is 0 Å². The maximum absolute atomic E-state index is 2.48. The largest absolute Gasteiger partial charge is 0.300 e. The van der Waals surface area contributed by atoms with E-state index in [2.05, 4.69) is 61.2 Å². The van der Waals surface area contributed by atoms with Gasteiger partial charge in [0, 0.05) is 6.54 Å². The molecule has 0 atom stereocenters. The van der Waals surface area contributed by atoms with E-state index >= 15 is 0 Å². The van der Waals surface area contributed by atoms with Crippen molar-refractivity contribution in [2.45, 2.75) is 26.7 Å². The molecular weight excluding hydrogens is 194 g/mol. The Morgan fingerprint density at radius 3 is 2.50 bits per heavy atom. The van der Waals surface area contributed by atoms with Gasteiger partial charge in [-0.15, -0.1) is 0 Å². The molecule has 0 N–H and O–H groups in total. The Bertz CT molecular complexity index is 290. The fraction of sp³-hybridized carbons (Fsp3) is 0.467. The van der Waals surface area contributed by atoms with Gasteiger partial charge >= 0.3 is 0 Å². The lowest BCUT2D eigenvalue weighted by atomic mass is 10.2. The molecule has 0 bridgehead atoms. The van der Waals surface area contributed by atoms with Gasteiger partial charge in [0.05, 0.1) is 0 Å². The second kappa shape index (κ2) is 8.12. The summed E-state index contributed by atoms with van der Waals surface area (Å²) < 4.78 is 0. The monoisotopic (exact) mass is 217 g/mol. The topological polar surface area (TPSA) is 3.24 Å². The van der Waals surface area contributed by atoms with Crippen molar-refractivity contribution in [1.29, 1.82) is 0 Å². The predicted molar refractivity (Wildman–Crippen MR) is 72.5 cm³/mol. The Balaban J connectivity index is 2.34. The van der Waals surface area contributed by atoms with Crippen LogP contribution < -0.4 is 0 Å². The van der Waals surface area contributed by atoms with Gasteiger partial charge in [-0.2, -0.15) is 0 Å². The quantitative estimate of drug-likeness (QED) is 0.671. The van der Waals surface area contributed by atoms with E-state index in [0.29, 0.717) is 0 Å². The van der Waals surface area contributed by atoms with Crippen LogP contribution in [0.5, 0.6) is 0 Å². The Morgan fingerprint density at radius 1 is 1.12 bits per heavy atom. The maximum atomic E-state index is 2.48. The molecule has 0 radical (unpaired) electrons. The minimum Gasteiger partial charge on any atom is -0.300 e. The molecule has 88 valence electrons. The number of hydrogen-bond acceptors (Lipinski definition) is 1. The normalized spacial score (nSPS) is 11.4. The first-order valence-electron chi connectivity index (χ1n) is 6.30. The second-order valence-corrected chi connectivity index (χ2v) is 4.06. The molecule has 0 amide bonds. The third kappa shape index (κ3) is 5.13. The summed E-state index contributed by atoms with van der Waals surface area (Å²) in [5.74, 6) is 0. The van der Waals surface area contributed by atoms with E-state index in [4.69, 9.17) is 0 Å². The molecule has 0 fully saturated rings. The first kappa shape index (κ1) is 13.0. The van der Waals surface area contributed by atoms with Crippen LogP contribution >= 0.6 is 0 Å². The molecule has 1 aromatic carbocycles. The van der Waals surface area contributed by atoms with Gasteiger partial charge in [0.1, 0.15) is 0 Å². The average molecular weight is 217 g/mol. The second-order valence-electron chi connectivity index (χ2n) is 4.06. The molecule has 0 saturated carbocycles. The van der Waals surface area contributed by atoms with E-state index in [-0.39, 0.29) is 0 Å². The highest BCUT2D eigenvalue weighted by Gasteiger charge is 1.97. The zero-order valence-corrected chi connectivity index (χ0v) is 10.5. The van der Waals surface area contributed by atoms with Gasteiger partial charge in [-0.05, 0) is 25.1 Å². The molecule has 0 unspecified atom stereocenters. The van der Waals surface area contributed by atoms with Crippen molar-refractivity contribution in [1.82, 2.24) is 4.90 Å². The van der Waals surface area contributed by atoms with Crippen LogP contribution in [0.15, 0.2) is 36.4 Å². The van der Waals surface area contributed by atoms with E-state index in [9.17, 15) is 0 Å². The Kier molecular flexibility index (Phi) is 6.59. The fourth-order valence-corrected chi connectivity index (χ4v) is 1.66. The summed E-state index contributed by atoms with van der Waals surface area (Å²) >= 11 is 0. The van der Waals surface area contributed by atoms with E-state index in [1.54, 1.807) is 0 Å². The summed E-state index contributed by atoms with van der Waals surface area (Å²) in [6.07, 6.45) is 7.04. The SMILES string of the molecule is CCCCN(CC)C/C=C/c1ccccc1. The van der Waals surface area contributed by atoms with E-state index < -0.39 is 0 Å². The molecule has 1 heteroatoms. The van der Waals surface area contributed by atoms with Gasteiger partial charge in [-0.1, -0.05) is 62.8 Å². The number of benzene rings is 1. The Hall–Kier alpha value is -1.08. The summed E-state index contributed by atoms with van der Waals surface area (Å²) in [7, 11) is 0. The molecule has 0 aromatic heterocycles. The lowest BCUT2D eigenvalue weighted by Crippen LogP contribution is -2.24. The van der Waals surface area contributed by atoms with Crippen molar-refractivity contribution in [3.05, 3.63) is 42.0 Å². The van der Waals surface area contributed by atoms with Crippen molar-refractivity contribution in [2.24, 2.45) is 0 Å². The minimum absolute atomic E-state index is 1.06. The number of likely N-dealkylation sites (N-methyl/N-ethyl adjacent to an activating group) is 1. The van der Waals surface area contributed by atoms with Gasteiger partial charge in [0.15, 0.2) is 0 Å². The van der Waals surface area contributed by atoms with Gasteiger partial charge in [0.2, 0.25) is 0 Å². The fourth-order valence-electron chi connectivity index (χ4n) is 1.66. The van der Waals surface area contributed by atoms with Gasteiger partial charge < -0.3 is 0 Å². The van der Waals surface area contributed by atoms with Gasteiger partial charge in [0.25, 0.3) is 0 Å². The molecular formula is C15H23N. The molecule has 1 rings (SSSR count). The van der Waals surface area contributed by atoms with E-state index in [0.717, 1.165) is 13.1 Å². The summed E-state index contributed by atoms with van der Waals surface area (Å²) in [5.41, 5.74) is 1.29. The standard InChI is InChI=1S/C15H23N/c1-3-5-13-16(4-2)14-9-12-15-10-7-6-8-11-15/h6-12H,3-5,13-14H2,1-2H3/b12-9+. The van der Waals surface area contributed by atoms with E-state index in [1.807, 2.05) is 0 Å². The molecule has 1 aromatic rings. The zero-order chi connectivity index (χ0) is 11.6. The summed E-state index contributed by atoms with van der Waals surface area (Å²) in [6, 6.07) is 10.5. The number of rotatable bonds is 7. The molecule has 0 heterocycles. The third-order valence-corrected chi connectivity index (χ3v) is 2.75. The molecule has 0 saturated heterocycles. The molecule has 1 nitrogen and oxygen atoms in total. The van der Waals surface area contributed by atoms with Crippen LogP contribution in [0.2, 0.25) is 0 Å². The lowest BCUT2D eigenvalue weighted by Gasteiger charge is -2.17. The lowest BCUT2D eigenvalue weighted by molar-refractivity contribution is 0.314. The molecule has 0 spiro atoms. The molecule has 0 aliphatic heterocycles. The van der Waals surface area contributed by atoms with E-state index in [1.165, 1.54) is 24.9 Å². The van der Waals surface area contributed by atoms with Crippen LogP contribution in [0, 0.1) is 0 Å². The van der Waals surface area contributed by atoms with Gasteiger partial charge in [-0.25, -0.2) is 0 Å². The average Bonchev–Trinajstić information content (AvgIpc) is 2.35. The van der Waals surface area contributed by atoms with Crippen LogP contribution in [0.1, 0.15) is 32.3 Å². The summed E-state index contributed by atoms with van der Waals surface area (Å²) in [6.45, 7) is 7.89. The van der Waals surface area contributed by atoms with Gasteiger partial charge in [-0.3, -0.25) is 4.90 Å². The van der Waals surface area contributed by atoms with Crippen LogP contribution in [0.25, 0.3) is 6.08 Å². The smallest absolute Gasteiger partial charge is 0.0166 e. The Morgan fingerprint density at radius 2 is 1.88 bits per heavy atom. The van der Waals surface area contributed by atoms with Crippen molar-refractivity contribution < 1.29 is 0 Å². The first-order chi connectivity index (χ1) is 7.86. The van der Waals surface area contributed by atoms with Crippen LogP contribution in [-0.2, 0) is 0 Å². The highest BCUT2D eigenvalue weighted by molar-refractivity contribution is 5.48. The third-order valence-electron chi connectivity index (χ3n) is 2.75. The zero-order valence-electron chi connectivity index (χ0n) is 10.5. The summed E-state index contributed by atoms with van der Waals surface area (Å²) in [4.78, 5) is 2.48. The van der Waals surface area contributed by atoms with Crippen LogP contribution in [-0.4, -0.2) is 24.5 Å². The molecule has 0 aliphatic carbocycles. The Labute approximate surface area is 99.8 Å². The number of nitrogens with zero attached hydrogens (tertiary/aromatic N) is 1. The van der Waals surface area contributed by atoms with Crippen molar-refractivity contribution in [2.75, 3.05) is 19.6 Å². The maximum Gasteiger partial charge on any atom is 0.0166 e. The number of unbranched alkanes of at least 4 members (excludes halogenated alkanes) is 1. The van der Waals surface area contributed by atoms with Crippen molar-refractivity contribution in [3.8, 4) is 0 Å². The van der Waals surface area contributed by atoms with Crippen molar-refractivity contribution in [3.63, 3.8) is 0 Å². The predicted octanol–water partition coefficient (Wildman–Crippen LogP) is 3.82. The number of hydrogen-bond donors (Lipinski definition) is 0. The van der Waals surface area contributed by atoms with Crippen LogP contribution in [0.4, 0.5) is 0 Å². The molecule has 16 heavy (non-hydrogen) atoms. The highest BCUT2D eigenvalue weighted by Crippen LogP contribution is 2.02. The first-order valence-corrected chi connectivity index (χ1v) is 6.30. The summed E-state index contributed by atoms with van der Waals surface area (Å²) in [5, 5.41) is 0. The minimum atomic E-state index is 1.06.